The summed E-state index contributed by atoms with van der Waals surface area (Å²) in [6.07, 6.45) is 1.64. The molecule has 0 N–H and O–H groups in total. The third-order valence-electron chi connectivity index (χ3n) is 1.97. The monoisotopic (exact) mass is 259 g/mol. The Kier molecular flexibility index (Phi) is 4.71. The van der Waals surface area contributed by atoms with Crippen molar-refractivity contribution in [2.24, 2.45) is 0 Å². The van der Waals surface area contributed by atoms with Gasteiger partial charge in [-0.15, -0.1) is 16.8 Å². The first-order valence-corrected chi connectivity index (χ1v) is 5.44. The average Bonchev–Trinajstić information content (AvgIpc) is 2.28. The Labute approximate surface area is 104 Å². The van der Waals surface area contributed by atoms with Gasteiger partial charge in [0.15, 0.2) is 10.3 Å². The zero-order valence-corrected chi connectivity index (χ0v) is 10.3. The van der Waals surface area contributed by atoms with Crippen molar-refractivity contribution in [3.8, 4) is 0 Å². The minimum Gasteiger partial charge on any atom is -0.335 e. The van der Waals surface area contributed by atoms with E-state index < -0.39 is 0 Å². The molecular weight excluding hydrogens is 249 g/mol. The Morgan fingerprint density at radius 3 is 2.81 bits per heavy atom. The zero-order chi connectivity index (χ0) is 12.1. The van der Waals surface area contributed by atoms with Gasteiger partial charge in [-0.05, 0) is 13.0 Å². The van der Waals surface area contributed by atoms with Crippen molar-refractivity contribution in [3.63, 3.8) is 0 Å². The SMILES string of the molecule is C=CCN(CC)C(=O)c1cc(Cl)nnc1Cl. The maximum atomic E-state index is 12.0. The van der Waals surface area contributed by atoms with Crippen LogP contribution in [0.1, 0.15) is 17.3 Å². The summed E-state index contributed by atoms with van der Waals surface area (Å²) in [7, 11) is 0. The summed E-state index contributed by atoms with van der Waals surface area (Å²) in [6, 6.07) is 1.41. The van der Waals surface area contributed by atoms with E-state index in [0.717, 1.165) is 0 Å². The highest BCUT2D eigenvalue weighted by atomic mass is 35.5. The first kappa shape index (κ1) is 12.9. The molecule has 0 saturated heterocycles. The minimum absolute atomic E-state index is 0.0527. The molecule has 0 spiro atoms. The van der Waals surface area contributed by atoms with E-state index in [1.807, 2.05) is 6.92 Å². The van der Waals surface area contributed by atoms with Crippen LogP contribution in [0, 0.1) is 0 Å². The van der Waals surface area contributed by atoms with Crippen LogP contribution in [0.15, 0.2) is 18.7 Å². The summed E-state index contributed by atoms with van der Waals surface area (Å²) >= 11 is 11.4. The second-order valence-corrected chi connectivity index (χ2v) is 3.75. The first-order chi connectivity index (χ1) is 7.60. The number of hydrogen-bond donors (Lipinski definition) is 0. The van der Waals surface area contributed by atoms with Crippen molar-refractivity contribution < 1.29 is 4.79 Å². The van der Waals surface area contributed by atoms with Crippen molar-refractivity contribution in [3.05, 3.63) is 34.6 Å². The quantitative estimate of drug-likeness (QED) is 0.781. The van der Waals surface area contributed by atoms with Crippen LogP contribution in [0.3, 0.4) is 0 Å². The summed E-state index contributed by atoms with van der Waals surface area (Å²) in [5, 5.41) is 7.33. The Morgan fingerprint density at radius 1 is 1.56 bits per heavy atom. The lowest BCUT2D eigenvalue weighted by atomic mass is 10.2. The van der Waals surface area contributed by atoms with Crippen LogP contribution >= 0.6 is 23.2 Å². The number of carbonyl (C=O) groups excluding carboxylic acids is 1. The van der Waals surface area contributed by atoms with Gasteiger partial charge in [0, 0.05) is 13.1 Å². The highest BCUT2D eigenvalue weighted by Crippen LogP contribution is 2.17. The second-order valence-electron chi connectivity index (χ2n) is 3.00. The molecule has 1 heterocycles. The lowest BCUT2D eigenvalue weighted by Gasteiger charge is -2.19. The molecule has 1 rings (SSSR count). The molecule has 0 saturated carbocycles. The van der Waals surface area contributed by atoms with Crippen LogP contribution in [0.5, 0.6) is 0 Å². The summed E-state index contributed by atoms with van der Waals surface area (Å²) in [6.45, 7) is 6.46. The van der Waals surface area contributed by atoms with Crippen LogP contribution < -0.4 is 0 Å². The molecule has 6 heteroatoms. The fourth-order valence-electron chi connectivity index (χ4n) is 1.18. The molecule has 86 valence electrons. The van der Waals surface area contributed by atoms with Crippen LogP contribution in [0.4, 0.5) is 0 Å². The van der Waals surface area contributed by atoms with E-state index in [2.05, 4.69) is 16.8 Å². The van der Waals surface area contributed by atoms with E-state index in [1.165, 1.54) is 6.07 Å². The number of rotatable bonds is 4. The van der Waals surface area contributed by atoms with E-state index in [-0.39, 0.29) is 21.8 Å². The molecule has 0 unspecified atom stereocenters. The van der Waals surface area contributed by atoms with Gasteiger partial charge in [-0.1, -0.05) is 29.3 Å². The largest absolute Gasteiger partial charge is 0.335 e. The predicted molar refractivity (Wildman–Crippen MR) is 63.8 cm³/mol. The third-order valence-corrected chi connectivity index (χ3v) is 2.43. The fourth-order valence-corrected chi connectivity index (χ4v) is 1.50. The lowest BCUT2D eigenvalue weighted by molar-refractivity contribution is 0.0781. The zero-order valence-electron chi connectivity index (χ0n) is 8.78. The van der Waals surface area contributed by atoms with E-state index in [4.69, 9.17) is 23.2 Å². The molecule has 0 fully saturated rings. The van der Waals surface area contributed by atoms with Crippen LogP contribution in [-0.2, 0) is 0 Å². The molecule has 16 heavy (non-hydrogen) atoms. The summed E-state index contributed by atoms with van der Waals surface area (Å²) in [5.41, 5.74) is 0.255. The Balaban J connectivity index is 3.02. The van der Waals surface area contributed by atoms with Gasteiger partial charge in [0.2, 0.25) is 0 Å². The molecule has 0 bridgehead atoms. The van der Waals surface area contributed by atoms with Crippen molar-refractivity contribution in [1.82, 2.24) is 15.1 Å². The van der Waals surface area contributed by atoms with Crippen molar-refractivity contribution in [2.75, 3.05) is 13.1 Å². The Morgan fingerprint density at radius 2 is 2.25 bits per heavy atom. The summed E-state index contributed by atoms with van der Waals surface area (Å²) in [5.74, 6) is -0.232. The second kappa shape index (κ2) is 5.82. The van der Waals surface area contributed by atoms with Crippen molar-refractivity contribution >= 4 is 29.1 Å². The van der Waals surface area contributed by atoms with E-state index in [0.29, 0.717) is 13.1 Å². The highest BCUT2D eigenvalue weighted by molar-refractivity contribution is 6.34. The molecule has 0 aliphatic carbocycles. The molecule has 0 radical (unpaired) electrons. The number of nitrogens with zero attached hydrogens (tertiary/aromatic N) is 3. The van der Waals surface area contributed by atoms with Gasteiger partial charge in [-0.2, -0.15) is 0 Å². The number of aromatic nitrogens is 2. The number of hydrogen-bond acceptors (Lipinski definition) is 3. The lowest BCUT2D eigenvalue weighted by Crippen LogP contribution is -2.31. The molecular formula is C10H11Cl2N3O. The highest BCUT2D eigenvalue weighted by Gasteiger charge is 2.17. The van der Waals surface area contributed by atoms with Crippen molar-refractivity contribution in [2.45, 2.75) is 6.92 Å². The van der Waals surface area contributed by atoms with E-state index in [9.17, 15) is 4.79 Å². The Hall–Kier alpha value is -1.13. The van der Waals surface area contributed by atoms with Gasteiger partial charge in [-0.3, -0.25) is 4.79 Å². The smallest absolute Gasteiger partial charge is 0.257 e. The maximum Gasteiger partial charge on any atom is 0.257 e. The molecule has 4 nitrogen and oxygen atoms in total. The molecule has 1 aromatic rings. The van der Waals surface area contributed by atoms with Crippen LogP contribution in [0.2, 0.25) is 10.3 Å². The van der Waals surface area contributed by atoms with E-state index >= 15 is 0 Å². The summed E-state index contributed by atoms with van der Waals surface area (Å²) in [4.78, 5) is 13.6. The van der Waals surface area contributed by atoms with Gasteiger partial charge >= 0.3 is 0 Å². The van der Waals surface area contributed by atoms with Gasteiger partial charge < -0.3 is 4.90 Å². The first-order valence-electron chi connectivity index (χ1n) is 4.69. The van der Waals surface area contributed by atoms with Crippen LogP contribution in [-0.4, -0.2) is 34.1 Å². The minimum atomic E-state index is -0.232. The van der Waals surface area contributed by atoms with Gasteiger partial charge in [0.05, 0.1) is 5.56 Å². The maximum absolute atomic E-state index is 12.0. The normalized spacial score (nSPS) is 9.94. The number of amides is 1. The molecule has 0 aliphatic heterocycles. The van der Waals surface area contributed by atoms with Crippen molar-refractivity contribution in [1.29, 1.82) is 0 Å². The summed E-state index contributed by atoms with van der Waals surface area (Å²) < 4.78 is 0. The van der Waals surface area contributed by atoms with Gasteiger partial charge in [-0.25, -0.2) is 0 Å². The Bertz CT molecular complexity index is 409. The third kappa shape index (κ3) is 2.93. The molecule has 0 atom stereocenters. The standard InChI is InChI=1S/C10H11Cl2N3O/c1-3-5-15(4-2)10(16)7-6-8(11)13-14-9(7)12/h3,6H,1,4-5H2,2H3. The molecule has 1 aromatic heterocycles. The van der Waals surface area contributed by atoms with Gasteiger partial charge in [0.1, 0.15) is 0 Å². The van der Waals surface area contributed by atoms with Gasteiger partial charge in [0.25, 0.3) is 5.91 Å². The predicted octanol–water partition coefficient (Wildman–Crippen LogP) is 2.43. The fraction of sp³-hybridized carbons (Fsp3) is 0.300. The van der Waals surface area contributed by atoms with Crippen LogP contribution in [0.25, 0.3) is 0 Å². The molecule has 0 aromatic carbocycles. The number of carbonyl (C=O) groups is 1. The molecule has 1 amide bonds. The van der Waals surface area contributed by atoms with E-state index in [1.54, 1.807) is 11.0 Å². The average molecular weight is 260 g/mol. The molecule has 0 aliphatic rings. The number of likely N-dealkylation sites (N-methyl/N-ethyl adjacent to an activating group) is 1. The number of halogens is 2. The topological polar surface area (TPSA) is 46.1 Å².